The van der Waals surface area contributed by atoms with Gasteiger partial charge in [0, 0.05) is 13.2 Å². The lowest BCUT2D eigenvalue weighted by Crippen LogP contribution is -1.99. The third kappa shape index (κ3) is 5.08. The lowest BCUT2D eigenvalue weighted by atomic mass is 10.4. The van der Waals surface area contributed by atoms with Gasteiger partial charge in [-0.05, 0) is 37.4 Å². The quantitative estimate of drug-likeness (QED) is 0.346. The van der Waals surface area contributed by atoms with Crippen LogP contribution in [0.25, 0.3) is 0 Å². The van der Waals surface area contributed by atoms with Gasteiger partial charge >= 0.3 is 0 Å². The van der Waals surface area contributed by atoms with E-state index in [9.17, 15) is 0 Å². The molecule has 0 radical (unpaired) electrons. The second-order valence-electron chi connectivity index (χ2n) is 2.84. The van der Waals surface area contributed by atoms with Gasteiger partial charge in [0.15, 0.2) is 0 Å². The van der Waals surface area contributed by atoms with E-state index in [1.165, 1.54) is 12.8 Å². The fourth-order valence-corrected chi connectivity index (χ4v) is 0.917. The zero-order valence-electron chi connectivity index (χ0n) is 6.58. The molecule has 0 aromatic carbocycles. The molecule has 0 spiro atoms. The molecule has 0 aromatic rings. The summed E-state index contributed by atoms with van der Waals surface area (Å²) >= 11 is 4.42. The summed E-state index contributed by atoms with van der Waals surface area (Å²) in [5.41, 5.74) is 0. The van der Waals surface area contributed by atoms with E-state index in [-0.39, 0.29) is 0 Å². The molecule has 1 aliphatic rings. The van der Waals surface area contributed by atoms with Gasteiger partial charge < -0.3 is 4.74 Å². The molecule has 1 fully saturated rings. The first-order valence-corrected chi connectivity index (χ1v) is 4.45. The van der Waals surface area contributed by atoms with E-state index in [0.29, 0.717) is 0 Å². The first-order valence-electron chi connectivity index (χ1n) is 4.05. The van der Waals surface area contributed by atoms with Crippen LogP contribution in [-0.2, 0) is 4.74 Å². The van der Waals surface area contributed by atoms with Crippen LogP contribution in [0.4, 0.5) is 0 Å². The molecule has 0 atom stereocenters. The number of rotatable bonds is 6. The van der Waals surface area contributed by atoms with Crippen LogP contribution >= 0.6 is 12.2 Å². The minimum absolute atomic E-state index is 0.758. The van der Waals surface area contributed by atoms with E-state index in [0.717, 1.165) is 32.1 Å². The van der Waals surface area contributed by atoms with Crippen molar-refractivity contribution in [1.82, 2.24) is 0 Å². The number of ether oxygens (including phenoxy) is 1. The Bertz CT molecular complexity index is 150. The maximum absolute atomic E-state index is 5.38. The molecule has 1 aliphatic carbocycles. The molecule has 0 heterocycles. The molecule has 0 amide bonds. The van der Waals surface area contributed by atoms with Crippen LogP contribution in [0.2, 0.25) is 0 Å². The fourth-order valence-electron chi connectivity index (χ4n) is 0.826. The highest BCUT2D eigenvalue weighted by molar-refractivity contribution is 7.78. The standard InChI is InChI=1S/C8H13NOS/c11-7-9-4-1-5-10-6-8-2-3-8/h8H,1-6H2. The highest BCUT2D eigenvalue weighted by atomic mass is 32.1. The van der Waals surface area contributed by atoms with Crippen molar-refractivity contribution in [2.75, 3.05) is 19.8 Å². The summed E-state index contributed by atoms with van der Waals surface area (Å²) < 4.78 is 5.38. The number of aliphatic imine (C=N–C) groups is 1. The summed E-state index contributed by atoms with van der Waals surface area (Å²) in [7, 11) is 0. The van der Waals surface area contributed by atoms with Crippen LogP contribution in [0.15, 0.2) is 4.99 Å². The van der Waals surface area contributed by atoms with Gasteiger partial charge in [-0.25, -0.2) is 4.99 Å². The van der Waals surface area contributed by atoms with Crippen LogP contribution in [-0.4, -0.2) is 24.9 Å². The largest absolute Gasteiger partial charge is 0.381 e. The second kappa shape index (κ2) is 5.42. The Morgan fingerprint density at radius 1 is 1.55 bits per heavy atom. The second-order valence-corrected chi connectivity index (χ2v) is 3.03. The first kappa shape index (κ1) is 8.85. The van der Waals surface area contributed by atoms with Gasteiger partial charge in [0.2, 0.25) is 0 Å². The molecule has 11 heavy (non-hydrogen) atoms. The number of isothiocyanates is 1. The number of hydrogen-bond donors (Lipinski definition) is 0. The lowest BCUT2D eigenvalue weighted by molar-refractivity contribution is 0.123. The van der Waals surface area contributed by atoms with E-state index in [1.54, 1.807) is 0 Å². The molecule has 0 bridgehead atoms. The summed E-state index contributed by atoms with van der Waals surface area (Å²) in [6.07, 6.45) is 3.69. The molecule has 0 N–H and O–H groups in total. The smallest absolute Gasteiger partial charge is 0.0584 e. The van der Waals surface area contributed by atoms with Gasteiger partial charge in [-0.3, -0.25) is 0 Å². The van der Waals surface area contributed by atoms with Crippen molar-refractivity contribution in [1.29, 1.82) is 0 Å². The van der Waals surface area contributed by atoms with Gasteiger partial charge in [-0.2, -0.15) is 0 Å². The third-order valence-electron chi connectivity index (χ3n) is 1.67. The Labute approximate surface area is 72.7 Å². The van der Waals surface area contributed by atoms with Crippen LogP contribution in [0.3, 0.4) is 0 Å². The van der Waals surface area contributed by atoms with Crippen LogP contribution < -0.4 is 0 Å². The molecule has 2 nitrogen and oxygen atoms in total. The van der Waals surface area contributed by atoms with Crippen molar-refractivity contribution in [3.8, 4) is 0 Å². The SMILES string of the molecule is S=C=NCCCOCC1CC1. The van der Waals surface area contributed by atoms with Crippen molar-refractivity contribution in [3.05, 3.63) is 0 Å². The maximum atomic E-state index is 5.38. The predicted molar refractivity (Wildman–Crippen MR) is 48.1 cm³/mol. The average molecular weight is 171 g/mol. The third-order valence-corrected chi connectivity index (χ3v) is 1.80. The maximum Gasteiger partial charge on any atom is 0.0584 e. The zero-order chi connectivity index (χ0) is 7.94. The van der Waals surface area contributed by atoms with Gasteiger partial charge in [0.25, 0.3) is 0 Å². The Morgan fingerprint density at radius 3 is 3.00 bits per heavy atom. The van der Waals surface area contributed by atoms with E-state index in [2.05, 4.69) is 22.4 Å². The Balaban J connectivity index is 1.76. The Kier molecular flexibility index (Phi) is 4.36. The molecule has 0 unspecified atom stereocenters. The van der Waals surface area contributed by atoms with Gasteiger partial charge in [-0.1, -0.05) is 0 Å². The summed E-state index contributed by atoms with van der Waals surface area (Å²) in [4.78, 5) is 3.79. The summed E-state index contributed by atoms with van der Waals surface area (Å²) in [6.45, 7) is 2.52. The monoisotopic (exact) mass is 171 g/mol. The Morgan fingerprint density at radius 2 is 2.36 bits per heavy atom. The van der Waals surface area contributed by atoms with Gasteiger partial charge in [-0.15, -0.1) is 0 Å². The highest BCUT2D eigenvalue weighted by Gasteiger charge is 2.20. The van der Waals surface area contributed by atoms with Crippen LogP contribution in [0.5, 0.6) is 0 Å². The van der Waals surface area contributed by atoms with E-state index >= 15 is 0 Å². The Hall–Kier alpha value is -0.240. The molecule has 62 valence electrons. The first-order chi connectivity index (χ1) is 5.43. The molecular formula is C8H13NOS. The number of hydrogen-bond acceptors (Lipinski definition) is 3. The van der Waals surface area contributed by atoms with Crippen LogP contribution in [0.1, 0.15) is 19.3 Å². The van der Waals surface area contributed by atoms with E-state index in [4.69, 9.17) is 4.74 Å². The summed E-state index contributed by atoms with van der Waals surface area (Å²) in [5.74, 6) is 0.865. The molecule has 3 heteroatoms. The van der Waals surface area contributed by atoms with Crippen molar-refractivity contribution < 1.29 is 4.74 Å². The van der Waals surface area contributed by atoms with Gasteiger partial charge in [0.05, 0.1) is 11.7 Å². The van der Waals surface area contributed by atoms with E-state index in [1.807, 2.05) is 0 Å². The fraction of sp³-hybridized carbons (Fsp3) is 0.875. The number of thiocarbonyl (C=S) groups is 1. The minimum Gasteiger partial charge on any atom is -0.381 e. The van der Waals surface area contributed by atoms with Crippen molar-refractivity contribution in [3.63, 3.8) is 0 Å². The molecule has 0 saturated heterocycles. The molecule has 0 aromatic heterocycles. The zero-order valence-corrected chi connectivity index (χ0v) is 7.40. The molecule has 0 aliphatic heterocycles. The number of nitrogens with zero attached hydrogens (tertiary/aromatic N) is 1. The van der Waals surface area contributed by atoms with Crippen molar-refractivity contribution >= 4 is 17.4 Å². The van der Waals surface area contributed by atoms with Crippen molar-refractivity contribution in [2.24, 2.45) is 10.9 Å². The average Bonchev–Trinajstić information content (AvgIpc) is 2.80. The molecule has 1 saturated carbocycles. The van der Waals surface area contributed by atoms with Gasteiger partial charge in [0.1, 0.15) is 0 Å². The highest BCUT2D eigenvalue weighted by Crippen LogP contribution is 2.28. The molecular weight excluding hydrogens is 158 g/mol. The normalized spacial score (nSPS) is 16.0. The topological polar surface area (TPSA) is 21.6 Å². The summed E-state index contributed by atoms with van der Waals surface area (Å²) in [6, 6.07) is 0. The predicted octanol–water partition coefficient (Wildman–Crippen LogP) is 1.91. The van der Waals surface area contributed by atoms with E-state index < -0.39 is 0 Å². The lowest BCUT2D eigenvalue weighted by Gasteiger charge is -1.99. The van der Waals surface area contributed by atoms with Crippen LogP contribution in [0, 0.1) is 5.92 Å². The minimum atomic E-state index is 0.758. The van der Waals surface area contributed by atoms with Crippen molar-refractivity contribution in [2.45, 2.75) is 19.3 Å². The molecule has 1 rings (SSSR count). The summed E-state index contributed by atoms with van der Waals surface area (Å²) in [5, 5.41) is 2.33.